The molecule has 0 amide bonds. The molecule has 0 heterocycles. The van der Waals surface area contributed by atoms with Crippen LogP contribution in [0.15, 0.2) is 28.8 Å². The Bertz CT molecular complexity index is 509. The number of ether oxygens (including phenoxy) is 1. The van der Waals surface area contributed by atoms with E-state index < -0.39 is 17.6 Å². The molecule has 0 saturated heterocycles. The minimum atomic E-state index is -0.627. The lowest BCUT2D eigenvalue weighted by Crippen LogP contribution is -2.04. The molecule has 1 aromatic carbocycles. The van der Waals surface area contributed by atoms with E-state index in [4.69, 9.17) is 0 Å². The van der Waals surface area contributed by atoms with E-state index in [0.717, 1.165) is 12.2 Å². The van der Waals surface area contributed by atoms with Crippen LogP contribution in [0.1, 0.15) is 22.8 Å². The van der Waals surface area contributed by atoms with Gasteiger partial charge in [0.25, 0.3) is 0 Å². The molecule has 5 heteroatoms. The molecular weight excluding hydrogens is 303 g/mol. The molecule has 18 heavy (non-hydrogen) atoms. The van der Waals surface area contributed by atoms with Gasteiger partial charge in [-0.05, 0) is 37.6 Å². The van der Waals surface area contributed by atoms with E-state index in [1.807, 2.05) is 0 Å². The number of rotatable bonds is 4. The first-order valence-electron chi connectivity index (χ1n) is 5.30. The normalized spacial score (nSPS) is 10.7. The molecule has 1 aromatic rings. The standard InChI is InChI=1S/C13H12BrFO3/c1-3-18-12(17)5-4-11(16)10-7-9(14)6-8(2)13(10)15/h4-7H,3H2,1-2H3/b5-4+. The van der Waals surface area contributed by atoms with Crippen LogP contribution in [0.25, 0.3) is 0 Å². The van der Waals surface area contributed by atoms with Crippen molar-refractivity contribution >= 4 is 27.7 Å². The summed E-state index contributed by atoms with van der Waals surface area (Å²) in [5, 5.41) is 0. The fourth-order valence-corrected chi connectivity index (χ4v) is 1.90. The number of carbonyl (C=O) groups excluding carboxylic acids is 2. The van der Waals surface area contributed by atoms with E-state index >= 15 is 0 Å². The summed E-state index contributed by atoms with van der Waals surface area (Å²) in [6.45, 7) is 3.44. The van der Waals surface area contributed by atoms with Crippen molar-refractivity contribution in [1.82, 2.24) is 0 Å². The molecular formula is C13H12BrFO3. The van der Waals surface area contributed by atoms with E-state index in [1.165, 1.54) is 6.07 Å². The summed E-state index contributed by atoms with van der Waals surface area (Å²) in [6.07, 6.45) is 1.99. The predicted molar refractivity (Wildman–Crippen MR) is 68.9 cm³/mol. The average Bonchev–Trinajstić information content (AvgIpc) is 2.31. The summed E-state index contributed by atoms with van der Waals surface area (Å²) in [7, 11) is 0. The summed E-state index contributed by atoms with van der Waals surface area (Å²) >= 11 is 3.19. The molecule has 1 rings (SSSR count). The lowest BCUT2D eigenvalue weighted by molar-refractivity contribution is -0.137. The zero-order chi connectivity index (χ0) is 13.7. The van der Waals surface area contributed by atoms with Gasteiger partial charge in [0, 0.05) is 10.5 Å². The number of hydrogen-bond acceptors (Lipinski definition) is 3. The zero-order valence-electron chi connectivity index (χ0n) is 10.00. The fourth-order valence-electron chi connectivity index (χ4n) is 1.33. The second-order valence-corrected chi connectivity index (χ2v) is 4.45. The molecule has 0 aliphatic heterocycles. The highest BCUT2D eigenvalue weighted by Crippen LogP contribution is 2.20. The summed E-state index contributed by atoms with van der Waals surface area (Å²) in [4.78, 5) is 22.8. The summed E-state index contributed by atoms with van der Waals surface area (Å²) in [6, 6.07) is 2.95. The van der Waals surface area contributed by atoms with Gasteiger partial charge in [0.2, 0.25) is 0 Å². The van der Waals surface area contributed by atoms with E-state index in [2.05, 4.69) is 20.7 Å². The van der Waals surface area contributed by atoms with Crippen molar-refractivity contribution in [3.8, 4) is 0 Å². The van der Waals surface area contributed by atoms with Crippen molar-refractivity contribution in [2.75, 3.05) is 6.61 Å². The van der Waals surface area contributed by atoms with Crippen LogP contribution < -0.4 is 0 Å². The molecule has 0 aliphatic carbocycles. The monoisotopic (exact) mass is 314 g/mol. The lowest BCUT2D eigenvalue weighted by Gasteiger charge is -2.03. The Hall–Kier alpha value is -1.49. The van der Waals surface area contributed by atoms with Crippen LogP contribution in [0.2, 0.25) is 0 Å². The highest BCUT2D eigenvalue weighted by atomic mass is 79.9. The number of aryl methyl sites for hydroxylation is 1. The van der Waals surface area contributed by atoms with Gasteiger partial charge in [-0.2, -0.15) is 0 Å². The van der Waals surface area contributed by atoms with Crippen molar-refractivity contribution < 1.29 is 18.7 Å². The van der Waals surface area contributed by atoms with Crippen molar-refractivity contribution in [3.63, 3.8) is 0 Å². The van der Waals surface area contributed by atoms with Crippen LogP contribution in [0.4, 0.5) is 4.39 Å². The third-order valence-corrected chi connectivity index (χ3v) is 2.60. The molecule has 0 bridgehead atoms. The number of halogens is 2. The Labute approximate surface area is 113 Å². The van der Waals surface area contributed by atoms with Gasteiger partial charge >= 0.3 is 5.97 Å². The van der Waals surface area contributed by atoms with Gasteiger partial charge in [-0.1, -0.05) is 15.9 Å². The molecule has 0 atom stereocenters. The first-order chi connectivity index (χ1) is 8.45. The van der Waals surface area contributed by atoms with Gasteiger partial charge < -0.3 is 4.74 Å². The Morgan fingerprint density at radius 2 is 2.06 bits per heavy atom. The van der Waals surface area contributed by atoms with E-state index in [-0.39, 0.29) is 12.2 Å². The van der Waals surface area contributed by atoms with Gasteiger partial charge in [0.05, 0.1) is 12.2 Å². The second kappa shape index (κ2) is 6.44. The molecule has 0 spiro atoms. The molecule has 0 N–H and O–H groups in total. The highest BCUT2D eigenvalue weighted by Gasteiger charge is 2.12. The quantitative estimate of drug-likeness (QED) is 0.487. The Morgan fingerprint density at radius 1 is 1.39 bits per heavy atom. The number of ketones is 1. The third-order valence-electron chi connectivity index (χ3n) is 2.14. The van der Waals surface area contributed by atoms with Gasteiger partial charge in [0.15, 0.2) is 5.78 Å². The Morgan fingerprint density at radius 3 is 2.67 bits per heavy atom. The Kier molecular flexibility index (Phi) is 5.22. The number of hydrogen-bond donors (Lipinski definition) is 0. The third kappa shape index (κ3) is 3.77. The van der Waals surface area contributed by atoms with E-state index in [9.17, 15) is 14.0 Å². The molecule has 0 aliphatic rings. The van der Waals surface area contributed by atoms with Crippen LogP contribution in [-0.2, 0) is 9.53 Å². The summed E-state index contributed by atoms with van der Waals surface area (Å²) < 4.78 is 18.9. The van der Waals surface area contributed by atoms with Crippen molar-refractivity contribution in [1.29, 1.82) is 0 Å². The first kappa shape index (κ1) is 14.6. The first-order valence-corrected chi connectivity index (χ1v) is 6.09. The molecule has 96 valence electrons. The number of carbonyl (C=O) groups is 2. The second-order valence-electron chi connectivity index (χ2n) is 3.53. The maximum Gasteiger partial charge on any atom is 0.330 e. The van der Waals surface area contributed by atoms with Gasteiger partial charge in [-0.3, -0.25) is 4.79 Å². The molecule has 3 nitrogen and oxygen atoms in total. The molecule has 0 unspecified atom stereocenters. The maximum absolute atomic E-state index is 13.7. The van der Waals surface area contributed by atoms with Gasteiger partial charge in [-0.25, -0.2) is 9.18 Å². The SMILES string of the molecule is CCOC(=O)/C=C/C(=O)c1cc(Br)cc(C)c1F. The molecule has 0 radical (unpaired) electrons. The van der Waals surface area contributed by atoms with Crippen LogP contribution in [0.3, 0.4) is 0 Å². The summed E-state index contributed by atoms with van der Waals surface area (Å²) in [5.74, 6) is -1.79. The summed E-state index contributed by atoms with van der Waals surface area (Å²) in [5.41, 5.74) is 0.277. The van der Waals surface area contributed by atoms with Crippen molar-refractivity contribution in [2.45, 2.75) is 13.8 Å². The molecule has 0 fully saturated rings. The number of allylic oxidation sites excluding steroid dienone is 1. The fraction of sp³-hybridized carbons (Fsp3) is 0.231. The maximum atomic E-state index is 13.7. The van der Waals surface area contributed by atoms with Crippen molar-refractivity contribution in [2.24, 2.45) is 0 Å². The topological polar surface area (TPSA) is 43.4 Å². The van der Waals surface area contributed by atoms with Crippen molar-refractivity contribution in [3.05, 3.63) is 45.7 Å². The minimum Gasteiger partial charge on any atom is -0.463 e. The largest absolute Gasteiger partial charge is 0.463 e. The van der Waals surface area contributed by atoms with Crippen LogP contribution in [0.5, 0.6) is 0 Å². The smallest absolute Gasteiger partial charge is 0.330 e. The predicted octanol–water partition coefficient (Wildman–Crippen LogP) is 3.20. The average molecular weight is 315 g/mol. The van der Waals surface area contributed by atoms with E-state index in [0.29, 0.717) is 10.0 Å². The van der Waals surface area contributed by atoms with Crippen LogP contribution in [0, 0.1) is 12.7 Å². The van der Waals surface area contributed by atoms with E-state index in [1.54, 1.807) is 19.9 Å². The Balaban J connectivity index is 2.95. The zero-order valence-corrected chi connectivity index (χ0v) is 11.6. The number of esters is 1. The highest BCUT2D eigenvalue weighted by molar-refractivity contribution is 9.10. The van der Waals surface area contributed by atoms with Crippen LogP contribution >= 0.6 is 15.9 Å². The molecule has 0 saturated carbocycles. The number of benzene rings is 1. The lowest BCUT2D eigenvalue weighted by atomic mass is 10.1. The van der Waals surface area contributed by atoms with Gasteiger partial charge in [-0.15, -0.1) is 0 Å². The van der Waals surface area contributed by atoms with Crippen LogP contribution in [-0.4, -0.2) is 18.4 Å². The molecule has 0 aromatic heterocycles. The minimum absolute atomic E-state index is 0.0811. The van der Waals surface area contributed by atoms with Gasteiger partial charge in [0.1, 0.15) is 5.82 Å².